The standard InChI is InChI=1S/C12H15IN4O/c13-9-5-17(7-1-3-8(18)4-2-7)12-10(9)11(14)15-6-16-12/h5-8,18H,1-4H2,(H2,14,15,16). The summed E-state index contributed by atoms with van der Waals surface area (Å²) in [7, 11) is 0. The Balaban J connectivity index is 2.05. The van der Waals surface area contributed by atoms with Crippen LogP contribution in [0.15, 0.2) is 12.5 Å². The van der Waals surface area contributed by atoms with Crippen LogP contribution in [0, 0.1) is 3.57 Å². The van der Waals surface area contributed by atoms with E-state index in [0.29, 0.717) is 11.9 Å². The number of anilines is 1. The van der Waals surface area contributed by atoms with E-state index in [2.05, 4.69) is 43.3 Å². The Labute approximate surface area is 119 Å². The van der Waals surface area contributed by atoms with Gasteiger partial charge in [0.25, 0.3) is 0 Å². The summed E-state index contributed by atoms with van der Waals surface area (Å²) in [5, 5.41) is 10.5. The van der Waals surface area contributed by atoms with Gasteiger partial charge in [-0.3, -0.25) is 0 Å². The molecule has 96 valence electrons. The lowest BCUT2D eigenvalue weighted by Gasteiger charge is -2.26. The third-order valence-electron chi connectivity index (χ3n) is 3.65. The van der Waals surface area contributed by atoms with Crippen LogP contribution >= 0.6 is 22.6 Å². The number of fused-ring (bicyclic) bond motifs is 1. The lowest BCUT2D eigenvalue weighted by molar-refractivity contribution is 0.111. The minimum atomic E-state index is -0.137. The molecular weight excluding hydrogens is 343 g/mol. The second kappa shape index (κ2) is 4.65. The molecule has 0 bridgehead atoms. The SMILES string of the molecule is Nc1ncnc2c1c(I)cn2C1CCC(O)CC1. The van der Waals surface area contributed by atoms with Crippen LogP contribution < -0.4 is 5.73 Å². The van der Waals surface area contributed by atoms with Gasteiger partial charge in [0, 0.05) is 15.8 Å². The summed E-state index contributed by atoms with van der Waals surface area (Å²) in [6, 6.07) is 0.411. The zero-order valence-corrected chi connectivity index (χ0v) is 12.0. The van der Waals surface area contributed by atoms with E-state index in [1.807, 2.05) is 0 Å². The van der Waals surface area contributed by atoms with E-state index in [9.17, 15) is 5.11 Å². The summed E-state index contributed by atoms with van der Waals surface area (Å²) >= 11 is 2.27. The number of nitrogen functional groups attached to an aromatic ring is 1. The summed E-state index contributed by atoms with van der Waals surface area (Å²) in [6.45, 7) is 0. The highest BCUT2D eigenvalue weighted by Gasteiger charge is 2.23. The molecule has 0 atom stereocenters. The van der Waals surface area contributed by atoms with E-state index in [4.69, 9.17) is 5.73 Å². The normalized spacial score (nSPS) is 24.6. The number of aliphatic hydroxyl groups excluding tert-OH is 1. The minimum Gasteiger partial charge on any atom is -0.393 e. The van der Waals surface area contributed by atoms with E-state index in [1.54, 1.807) is 0 Å². The Bertz CT molecular complexity index is 575. The molecule has 3 N–H and O–H groups in total. The predicted molar refractivity (Wildman–Crippen MR) is 78.2 cm³/mol. The number of halogens is 1. The second-order valence-electron chi connectivity index (χ2n) is 4.80. The van der Waals surface area contributed by atoms with Crippen LogP contribution in [0.5, 0.6) is 0 Å². The topological polar surface area (TPSA) is 77.0 Å². The van der Waals surface area contributed by atoms with E-state index in [-0.39, 0.29) is 6.10 Å². The van der Waals surface area contributed by atoms with Crippen LogP contribution in [0.3, 0.4) is 0 Å². The van der Waals surface area contributed by atoms with Gasteiger partial charge in [-0.25, -0.2) is 9.97 Å². The molecule has 0 spiro atoms. The van der Waals surface area contributed by atoms with Crippen LogP contribution in [0.1, 0.15) is 31.7 Å². The van der Waals surface area contributed by atoms with Crippen molar-refractivity contribution < 1.29 is 5.11 Å². The van der Waals surface area contributed by atoms with Gasteiger partial charge in [0.1, 0.15) is 17.8 Å². The van der Waals surface area contributed by atoms with Gasteiger partial charge in [-0.05, 0) is 48.3 Å². The number of rotatable bonds is 1. The number of nitrogens with zero attached hydrogens (tertiary/aromatic N) is 3. The van der Waals surface area contributed by atoms with Gasteiger partial charge in [0.05, 0.1) is 11.5 Å². The monoisotopic (exact) mass is 358 g/mol. The summed E-state index contributed by atoms with van der Waals surface area (Å²) in [5.74, 6) is 0.541. The number of aromatic nitrogens is 3. The van der Waals surface area contributed by atoms with Gasteiger partial charge in [-0.2, -0.15) is 0 Å². The molecule has 3 rings (SSSR count). The van der Waals surface area contributed by atoms with Crippen molar-refractivity contribution in [2.45, 2.75) is 37.8 Å². The molecule has 5 nitrogen and oxygen atoms in total. The lowest BCUT2D eigenvalue weighted by atomic mass is 9.93. The fraction of sp³-hybridized carbons (Fsp3) is 0.500. The van der Waals surface area contributed by atoms with Gasteiger partial charge < -0.3 is 15.4 Å². The molecule has 6 heteroatoms. The molecule has 2 aromatic rings. The quantitative estimate of drug-likeness (QED) is 0.766. The fourth-order valence-corrected chi connectivity index (χ4v) is 3.49. The molecule has 0 radical (unpaired) electrons. The van der Waals surface area contributed by atoms with Gasteiger partial charge in [0.2, 0.25) is 0 Å². The molecule has 1 aliphatic rings. The van der Waals surface area contributed by atoms with Gasteiger partial charge in [0.15, 0.2) is 0 Å². The van der Waals surface area contributed by atoms with Gasteiger partial charge >= 0.3 is 0 Å². The van der Waals surface area contributed by atoms with Crippen LogP contribution in [-0.4, -0.2) is 25.7 Å². The van der Waals surface area contributed by atoms with Crippen molar-refractivity contribution in [1.82, 2.24) is 14.5 Å². The molecule has 1 aliphatic carbocycles. The third-order valence-corrected chi connectivity index (χ3v) is 4.47. The van der Waals surface area contributed by atoms with Crippen LogP contribution in [0.4, 0.5) is 5.82 Å². The van der Waals surface area contributed by atoms with E-state index in [1.165, 1.54) is 6.33 Å². The van der Waals surface area contributed by atoms with E-state index >= 15 is 0 Å². The fourth-order valence-electron chi connectivity index (χ4n) is 2.68. The zero-order chi connectivity index (χ0) is 12.7. The number of hydrogen-bond acceptors (Lipinski definition) is 4. The van der Waals surface area contributed by atoms with Crippen molar-refractivity contribution in [2.75, 3.05) is 5.73 Å². The van der Waals surface area contributed by atoms with Crippen molar-refractivity contribution >= 4 is 39.4 Å². The summed E-state index contributed by atoms with van der Waals surface area (Å²) in [4.78, 5) is 8.41. The minimum absolute atomic E-state index is 0.137. The first-order chi connectivity index (χ1) is 8.66. The van der Waals surface area contributed by atoms with Crippen molar-refractivity contribution in [3.05, 3.63) is 16.1 Å². The summed E-state index contributed by atoms with van der Waals surface area (Å²) < 4.78 is 3.29. The number of hydrogen-bond donors (Lipinski definition) is 2. The molecule has 0 unspecified atom stereocenters. The van der Waals surface area contributed by atoms with Crippen LogP contribution in [0.2, 0.25) is 0 Å². The van der Waals surface area contributed by atoms with E-state index < -0.39 is 0 Å². The van der Waals surface area contributed by atoms with Gasteiger partial charge in [-0.15, -0.1) is 0 Å². The molecular formula is C12H15IN4O. The number of aliphatic hydroxyl groups is 1. The number of nitrogens with two attached hydrogens (primary N) is 1. The molecule has 0 aromatic carbocycles. The Morgan fingerprint density at radius 1 is 1.28 bits per heavy atom. The molecule has 2 heterocycles. The second-order valence-corrected chi connectivity index (χ2v) is 5.97. The van der Waals surface area contributed by atoms with Crippen molar-refractivity contribution in [3.63, 3.8) is 0 Å². The average molecular weight is 358 g/mol. The van der Waals surface area contributed by atoms with E-state index in [0.717, 1.165) is 40.3 Å². The molecule has 18 heavy (non-hydrogen) atoms. The highest BCUT2D eigenvalue weighted by atomic mass is 127. The van der Waals surface area contributed by atoms with Crippen molar-refractivity contribution in [3.8, 4) is 0 Å². The maximum atomic E-state index is 9.58. The highest BCUT2D eigenvalue weighted by molar-refractivity contribution is 14.1. The first-order valence-corrected chi connectivity index (χ1v) is 7.19. The molecule has 1 fully saturated rings. The molecule has 0 amide bonds. The predicted octanol–water partition coefficient (Wildman–Crippen LogP) is 2.09. The summed E-state index contributed by atoms with van der Waals surface area (Å²) in [6.07, 6.45) is 7.18. The molecule has 2 aromatic heterocycles. The maximum Gasteiger partial charge on any atom is 0.146 e. The maximum absolute atomic E-state index is 9.58. The van der Waals surface area contributed by atoms with Gasteiger partial charge in [-0.1, -0.05) is 0 Å². The first-order valence-electron chi connectivity index (χ1n) is 6.11. The molecule has 1 saturated carbocycles. The van der Waals surface area contributed by atoms with Crippen LogP contribution in [-0.2, 0) is 0 Å². The smallest absolute Gasteiger partial charge is 0.146 e. The Kier molecular flexibility index (Phi) is 3.14. The average Bonchev–Trinajstić information content (AvgIpc) is 2.69. The Morgan fingerprint density at radius 2 is 2.00 bits per heavy atom. The van der Waals surface area contributed by atoms with Crippen LogP contribution in [0.25, 0.3) is 11.0 Å². The largest absolute Gasteiger partial charge is 0.393 e. The third kappa shape index (κ3) is 1.97. The Hall–Kier alpha value is -0.890. The Morgan fingerprint density at radius 3 is 2.72 bits per heavy atom. The van der Waals surface area contributed by atoms with Crippen molar-refractivity contribution in [1.29, 1.82) is 0 Å². The first kappa shape index (κ1) is 12.2. The molecule has 0 aliphatic heterocycles. The molecule has 0 saturated heterocycles. The van der Waals surface area contributed by atoms with Crippen molar-refractivity contribution in [2.24, 2.45) is 0 Å². The zero-order valence-electron chi connectivity index (χ0n) is 9.88. The lowest BCUT2D eigenvalue weighted by Crippen LogP contribution is -2.20. The summed E-state index contributed by atoms with van der Waals surface area (Å²) in [5.41, 5.74) is 6.82. The highest BCUT2D eigenvalue weighted by Crippen LogP contribution is 2.34.